The SMILES string of the molecule is Cc1c(C(=O)Nc2ccc(Cl)cc2)nnc2c(-c3ccc(Cl)cc3)cnn12. The number of carbonyl (C=O) groups excluding carboxylic acids is 1. The Balaban J connectivity index is 1.69. The number of aryl methyl sites for hydroxylation is 1. The van der Waals surface area contributed by atoms with E-state index < -0.39 is 0 Å². The predicted molar refractivity (Wildman–Crippen MR) is 105 cm³/mol. The summed E-state index contributed by atoms with van der Waals surface area (Å²) in [6, 6.07) is 14.2. The standard InChI is InChI=1S/C19H13Cl2N5O/c1-11-17(19(27)23-15-8-6-14(21)7-9-15)24-25-18-16(10-22-26(11)18)12-2-4-13(20)5-3-12/h2-10H,1H3,(H,23,27). The molecular formula is C19H13Cl2N5O. The molecule has 0 aliphatic carbocycles. The minimum atomic E-state index is -0.368. The van der Waals surface area contributed by atoms with Gasteiger partial charge in [0.2, 0.25) is 0 Å². The molecule has 0 fully saturated rings. The number of nitrogens with zero attached hydrogens (tertiary/aromatic N) is 4. The fourth-order valence-electron chi connectivity index (χ4n) is 2.72. The van der Waals surface area contributed by atoms with E-state index in [9.17, 15) is 4.79 Å². The van der Waals surface area contributed by atoms with Crippen LogP contribution in [0.5, 0.6) is 0 Å². The molecule has 8 heteroatoms. The van der Waals surface area contributed by atoms with E-state index in [0.717, 1.165) is 11.1 Å². The van der Waals surface area contributed by atoms with Gasteiger partial charge in [-0.3, -0.25) is 4.79 Å². The molecule has 0 bridgehead atoms. The lowest BCUT2D eigenvalue weighted by molar-refractivity contribution is 0.102. The number of hydrogen-bond acceptors (Lipinski definition) is 4. The molecule has 0 aliphatic heterocycles. The average molecular weight is 398 g/mol. The molecule has 0 saturated carbocycles. The van der Waals surface area contributed by atoms with Gasteiger partial charge in [-0.05, 0) is 48.9 Å². The lowest BCUT2D eigenvalue weighted by Crippen LogP contribution is -2.18. The van der Waals surface area contributed by atoms with Crippen molar-refractivity contribution in [3.05, 3.63) is 76.2 Å². The Morgan fingerprint density at radius 3 is 2.26 bits per heavy atom. The number of hydrogen-bond donors (Lipinski definition) is 1. The molecule has 0 atom stereocenters. The van der Waals surface area contributed by atoms with Crippen LogP contribution in [-0.4, -0.2) is 25.7 Å². The molecule has 0 spiro atoms. The summed E-state index contributed by atoms with van der Waals surface area (Å²) in [5.41, 5.74) is 3.70. The van der Waals surface area contributed by atoms with Crippen LogP contribution >= 0.6 is 23.2 Å². The molecule has 0 unspecified atom stereocenters. The van der Waals surface area contributed by atoms with E-state index in [0.29, 0.717) is 27.1 Å². The molecular weight excluding hydrogens is 385 g/mol. The molecule has 2 heterocycles. The quantitative estimate of drug-likeness (QED) is 0.545. The molecule has 0 radical (unpaired) electrons. The topological polar surface area (TPSA) is 72.2 Å². The van der Waals surface area contributed by atoms with Gasteiger partial charge in [-0.1, -0.05) is 35.3 Å². The van der Waals surface area contributed by atoms with E-state index in [4.69, 9.17) is 23.2 Å². The first kappa shape index (κ1) is 17.5. The summed E-state index contributed by atoms with van der Waals surface area (Å²) in [5, 5.41) is 16.7. The van der Waals surface area contributed by atoms with E-state index >= 15 is 0 Å². The fourth-order valence-corrected chi connectivity index (χ4v) is 2.97. The summed E-state index contributed by atoms with van der Waals surface area (Å²) in [7, 11) is 0. The first-order chi connectivity index (χ1) is 13.0. The lowest BCUT2D eigenvalue weighted by atomic mass is 10.1. The van der Waals surface area contributed by atoms with E-state index in [1.807, 2.05) is 12.1 Å². The summed E-state index contributed by atoms with van der Waals surface area (Å²) >= 11 is 11.8. The molecule has 134 valence electrons. The molecule has 0 aliphatic rings. The number of fused-ring (bicyclic) bond motifs is 1. The molecule has 6 nitrogen and oxygen atoms in total. The van der Waals surface area contributed by atoms with E-state index in [2.05, 4.69) is 20.6 Å². The molecule has 2 aromatic heterocycles. The summed E-state index contributed by atoms with van der Waals surface area (Å²) in [5.74, 6) is -0.368. The Morgan fingerprint density at radius 1 is 0.963 bits per heavy atom. The van der Waals surface area contributed by atoms with Gasteiger partial charge in [0, 0.05) is 21.3 Å². The van der Waals surface area contributed by atoms with E-state index in [1.165, 1.54) is 0 Å². The van der Waals surface area contributed by atoms with Crippen LogP contribution in [0.3, 0.4) is 0 Å². The number of aromatic nitrogens is 4. The van der Waals surface area contributed by atoms with Crippen LogP contribution in [-0.2, 0) is 0 Å². The van der Waals surface area contributed by atoms with E-state index in [-0.39, 0.29) is 11.6 Å². The van der Waals surface area contributed by atoms with Crippen LogP contribution in [0, 0.1) is 6.92 Å². The zero-order valence-electron chi connectivity index (χ0n) is 14.1. The van der Waals surface area contributed by atoms with Gasteiger partial charge in [-0.2, -0.15) is 5.10 Å². The summed E-state index contributed by atoms with van der Waals surface area (Å²) < 4.78 is 1.60. The Labute approximate surface area is 164 Å². The second-order valence-electron chi connectivity index (χ2n) is 5.90. The fraction of sp³-hybridized carbons (Fsp3) is 0.0526. The summed E-state index contributed by atoms with van der Waals surface area (Å²) in [6.45, 7) is 1.77. The summed E-state index contributed by atoms with van der Waals surface area (Å²) in [4.78, 5) is 12.6. The third kappa shape index (κ3) is 3.37. The van der Waals surface area contributed by atoms with Crippen LogP contribution in [0.4, 0.5) is 5.69 Å². The maximum Gasteiger partial charge on any atom is 0.278 e. The Kier molecular flexibility index (Phi) is 4.51. The van der Waals surface area contributed by atoms with Gasteiger partial charge in [-0.25, -0.2) is 4.52 Å². The Bertz CT molecular complexity index is 1140. The maximum absolute atomic E-state index is 12.6. The minimum absolute atomic E-state index is 0.197. The third-order valence-corrected chi connectivity index (χ3v) is 4.63. The minimum Gasteiger partial charge on any atom is -0.321 e. The van der Waals surface area contributed by atoms with Crippen molar-refractivity contribution < 1.29 is 4.79 Å². The van der Waals surface area contributed by atoms with Gasteiger partial charge in [0.05, 0.1) is 11.9 Å². The van der Waals surface area contributed by atoms with Crippen molar-refractivity contribution in [2.24, 2.45) is 0 Å². The lowest BCUT2D eigenvalue weighted by Gasteiger charge is -2.08. The monoisotopic (exact) mass is 397 g/mol. The maximum atomic E-state index is 12.6. The van der Waals surface area contributed by atoms with Crippen molar-refractivity contribution in [3.8, 4) is 11.1 Å². The molecule has 4 aromatic rings. The van der Waals surface area contributed by atoms with Gasteiger partial charge in [-0.15, -0.1) is 10.2 Å². The first-order valence-corrected chi connectivity index (χ1v) is 8.82. The van der Waals surface area contributed by atoms with Gasteiger partial charge >= 0.3 is 0 Å². The Hall–Kier alpha value is -2.96. The molecule has 1 N–H and O–H groups in total. The van der Waals surface area contributed by atoms with Crippen molar-refractivity contribution in [3.63, 3.8) is 0 Å². The van der Waals surface area contributed by atoms with E-state index in [1.54, 1.807) is 54.0 Å². The van der Waals surface area contributed by atoms with Gasteiger partial charge in [0.15, 0.2) is 11.3 Å². The molecule has 4 rings (SSSR count). The molecule has 2 aromatic carbocycles. The smallest absolute Gasteiger partial charge is 0.278 e. The molecule has 1 amide bonds. The highest BCUT2D eigenvalue weighted by molar-refractivity contribution is 6.31. The van der Waals surface area contributed by atoms with Crippen LogP contribution in [0.2, 0.25) is 10.0 Å². The van der Waals surface area contributed by atoms with Crippen molar-refractivity contribution in [2.45, 2.75) is 6.92 Å². The largest absolute Gasteiger partial charge is 0.321 e. The summed E-state index contributed by atoms with van der Waals surface area (Å²) in [6.07, 6.45) is 1.70. The zero-order chi connectivity index (χ0) is 19.0. The highest BCUT2D eigenvalue weighted by atomic mass is 35.5. The number of carbonyl (C=O) groups is 1. The van der Waals surface area contributed by atoms with Crippen LogP contribution in [0.15, 0.2) is 54.7 Å². The number of benzene rings is 2. The number of nitrogens with one attached hydrogen (secondary N) is 1. The van der Waals surface area contributed by atoms with Crippen molar-refractivity contribution in [1.29, 1.82) is 0 Å². The van der Waals surface area contributed by atoms with Gasteiger partial charge in [0.25, 0.3) is 5.91 Å². The van der Waals surface area contributed by atoms with Crippen LogP contribution in [0.25, 0.3) is 16.8 Å². The van der Waals surface area contributed by atoms with Gasteiger partial charge < -0.3 is 5.32 Å². The zero-order valence-corrected chi connectivity index (χ0v) is 15.7. The van der Waals surface area contributed by atoms with Crippen molar-refractivity contribution in [2.75, 3.05) is 5.32 Å². The highest BCUT2D eigenvalue weighted by Gasteiger charge is 2.18. The number of anilines is 1. The highest BCUT2D eigenvalue weighted by Crippen LogP contribution is 2.25. The van der Waals surface area contributed by atoms with Gasteiger partial charge in [0.1, 0.15) is 0 Å². The molecule has 27 heavy (non-hydrogen) atoms. The molecule has 0 saturated heterocycles. The Morgan fingerprint density at radius 2 is 1.59 bits per heavy atom. The predicted octanol–water partition coefficient (Wildman–Crippen LogP) is 4.66. The average Bonchev–Trinajstić information content (AvgIpc) is 3.09. The second-order valence-corrected chi connectivity index (χ2v) is 6.77. The van der Waals surface area contributed by atoms with Crippen LogP contribution in [0.1, 0.15) is 16.2 Å². The first-order valence-electron chi connectivity index (χ1n) is 8.07. The number of halogens is 2. The van der Waals surface area contributed by atoms with Crippen molar-refractivity contribution >= 4 is 40.4 Å². The third-order valence-electron chi connectivity index (χ3n) is 4.12. The number of amides is 1. The number of rotatable bonds is 3. The van der Waals surface area contributed by atoms with Crippen molar-refractivity contribution in [1.82, 2.24) is 19.8 Å². The van der Waals surface area contributed by atoms with Crippen LogP contribution < -0.4 is 5.32 Å². The second kappa shape index (κ2) is 6.98. The normalized spacial score (nSPS) is 10.9.